The number of nitrogens with two attached hydrogens (primary N) is 1. The molecule has 0 saturated carbocycles. The highest BCUT2D eigenvalue weighted by atomic mass is 79.9. The van der Waals surface area contributed by atoms with Gasteiger partial charge in [0.2, 0.25) is 0 Å². The Hall–Kier alpha value is -0.790. The summed E-state index contributed by atoms with van der Waals surface area (Å²) in [7, 11) is 0. The molecule has 1 aliphatic rings. The van der Waals surface area contributed by atoms with Crippen molar-refractivity contribution in [3.63, 3.8) is 0 Å². The molecule has 0 aromatic heterocycles. The number of anilines is 1. The molecule has 0 atom stereocenters. The highest BCUT2D eigenvalue weighted by Crippen LogP contribution is 2.22. The van der Waals surface area contributed by atoms with Crippen LogP contribution >= 0.6 is 15.9 Å². The number of hydrogen-bond acceptors (Lipinski definition) is 3. The quantitative estimate of drug-likeness (QED) is 0.850. The van der Waals surface area contributed by atoms with Gasteiger partial charge in [0, 0.05) is 42.9 Å². The second-order valence-corrected chi connectivity index (χ2v) is 5.87. The maximum absolute atomic E-state index is 12.3. The molecular formula is C13H17BrF3N3. The van der Waals surface area contributed by atoms with Gasteiger partial charge in [0.1, 0.15) is 0 Å². The second kappa shape index (κ2) is 6.32. The van der Waals surface area contributed by atoms with E-state index >= 15 is 0 Å². The predicted octanol–water partition coefficient (Wildman–Crippen LogP) is 2.71. The molecule has 3 nitrogen and oxygen atoms in total. The van der Waals surface area contributed by atoms with Crippen LogP contribution in [0.3, 0.4) is 0 Å². The van der Waals surface area contributed by atoms with Crippen LogP contribution < -0.4 is 5.73 Å². The molecule has 1 fully saturated rings. The lowest BCUT2D eigenvalue weighted by Gasteiger charge is -2.35. The molecule has 0 aliphatic carbocycles. The van der Waals surface area contributed by atoms with Crippen LogP contribution in [0.1, 0.15) is 5.56 Å². The van der Waals surface area contributed by atoms with Crippen molar-refractivity contribution >= 4 is 21.6 Å². The minimum Gasteiger partial charge on any atom is -0.399 e. The standard InChI is InChI=1S/C13H17BrF3N3/c14-12-7-11(18)2-1-10(12)8-19-3-5-20(6-4-19)9-13(15,16)17/h1-2,7H,3-6,8-9,18H2. The van der Waals surface area contributed by atoms with Crippen LogP contribution in [-0.2, 0) is 6.54 Å². The summed E-state index contributed by atoms with van der Waals surface area (Å²) in [5, 5.41) is 0. The zero-order valence-corrected chi connectivity index (χ0v) is 12.5. The zero-order chi connectivity index (χ0) is 14.8. The van der Waals surface area contributed by atoms with Gasteiger partial charge in [-0.3, -0.25) is 9.80 Å². The minimum atomic E-state index is -4.11. The van der Waals surface area contributed by atoms with Crippen LogP contribution in [0.15, 0.2) is 22.7 Å². The van der Waals surface area contributed by atoms with Crippen molar-refractivity contribution in [2.45, 2.75) is 12.7 Å². The Kier molecular flexibility index (Phi) is 4.93. The van der Waals surface area contributed by atoms with E-state index < -0.39 is 12.7 Å². The monoisotopic (exact) mass is 351 g/mol. The van der Waals surface area contributed by atoms with E-state index in [2.05, 4.69) is 20.8 Å². The van der Waals surface area contributed by atoms with E-state index in [1.807, 2.05) is 18.2 Å². The third-order valence-electron chi connectivity index (χ3n) is 3.34. The Bertz CT molecular complexity index is 457. The maximum atomic E-state index is 12.3. The zero-order valence-electron chi connectivity index (χ0n) is 11.0. The first-order valence-corrected chi connectivity index (χ1v) is 7.18. The predicted molar refractivity (Wildman–Crippen MR) is 76.3 cm³/mol. The number of hydrogen-bond donors (Lipinski definition) is 1. The topological polar surface area (TPSA) is 32.5 Å². The minimum absolute atomic E-state index is 0.450. The molecule has 0 radical (unpaired) electrons. The number of nitrogen functional groups attached to an aromatic ring is 1. The number of alkyl halides is 3. The average molecular weight is 352 g/mol. The highest BCUT2D eigenvalue weighted by molar-refractivity contribution is 9.10. The van der Waals surface area contributed by atoms with Crippen LogP contribution in [0.4, 0.5) is 18.9 Å². The van der Waals surface area contributed by atoms with E-state index in [0.29, 0.717) is 31.9 Å². The van der Waals surface area contributed by atoms with Gasteiger partial charge in [-0.2, -0.15) is 13.2 Å². The Morgan fingerprint density at radius 1 is 1.10 bits per heavy atom. The molecule has 7 heteroatoms. The van der Waals surface area contributed by atoms with Crippen molar-refractivity contribution in [1.29, 1.82) is 0 Å². The molecule has 0 unspecified atom stereocenters. The van der Waals surface area contributed by atoms with Gasteiger partial charge < -0.3 is 5.73 Å². The Morgan fingerprint density at radius 3 is 2.25 bits per heavy atom. The molecule has 1 saturated heterocycles. The largest absolute Gasteiger partial charge is 0.401 e. The number of halogens is 4. The normalized spacial score (nSPS) is 18.4. The first-order chi connectivity index (χ1) is 9.33. The van der Waals surface area contributed by atoms with E-state index in [-0.39, 0.29) is 0 Å². The van der Waals surface area contributed by atoms with Gasteiger partial charge in [0.25, 0.3) is 0 Å². The fourth-order valence-corrected chi connectivity index (χ4v) is 2.81. The molecule has 2 N–H and O–H groups in total. The summed E-state index contributed by atoms with van der Waals surface area (Å²) >= 11 is 3.46. The van der Waals surface area contributed by atoms with Crippen LogP contribution in [0.25, 0.3) is 0 Å². The van der Waals surface area contributed by atoms with Crippen LogP contribution in [-0.4, -0.2) is 48.7 Å². The number of piperazine rings is 1. The van der Waals surface area contributed by atoms with Crippen LogP contribution in [0.2, 0.25) is 0 Å². The third kappa shape index (κ3) is 4.64. The van der Waals surface area contributed by atoms with Gasteiger partial charge in [-0.1, -0.05) is 22.0 Å². The Balaban J connectivity index is 1.85. The smallest absolute Gasteiger partial charge is 0.399 e. The van der Waals surface area contributed by atoms with E-state index in [0.717, 1.165) is 16.6 Å². The summed E-state index contributed by atoms with van der Waals surface area (Å²) in [4.78, 5) is 3.61. The average Bonchev–Trinajstić information content (AvgIpc) is 2.33. The Labute approximate surface area is 124 Å². The van der Waals surface area contributed by atoms with Crippen LogP contribution in [0.5, 0.6) is 0 Å². The van der Waals surface area contributed by atoms with Gasteiger partial charge in [-0.15, -0.1) is 0 Å². The summed E-state index contributed by atoms with van der Waals surface area (Å²) in [5.74, 6) is 0. The summed E-state index contributed by atoms with van der Waals surface area (Å²) in [6.07, 6.45) is -4.11. The molecule has 1 aromatic carbocycles. The lowest BCUT2D eigenvalue weighted by Crippen LogP contribution is -2.48. The fourth-order valence-electron chi connectivity index (χ4n) is 2.29. The lowest BCUT2D eigenvalue weighted by atomic mass is 10.2. The van der Waals surface area contributed by atoms with Crippen molar-refractivity contribution in [2.24, 2.45) is 0 Å². The van der Waals surface area contributed by atoms with Gasteiger partial charge in [0.05, 0.1) is 6.54 Å². The number of nitrogens with zero attached hydrogens (tertiary/aromatic N) is 2. The van der Waals surface area contributed by atoms with Gasteiger partial charge in [-0.05, 0) is 17.7 Å². The van der Waals surface area contributed by atoms with Crippen LogP contribution in [0, 0.1) is 0 Å². The van der Waals surface area contributed by atoms with Crippen molar-refractivity contribution in [1.82, 2.24) is 9.80 Å². The molecule has 1 heterocycles. The van der Waals surface area contributed by atoms with E-state index in [9.17, 15) is 13.2 Å². The molecule has 112 valence electrons. The molecule has 1 aliphatic heterocycles. The van der Waals surface area contributed by atoms with Gasteiger partial charge in [0.15, 0.2) is 0 Å². The van der Waals surface area contributed by atoms with E-state index in [1.165, 1.54) is 4.90 Å². The molecule has 1 aromatic rings. The molecule has 0 spiro atoms. The summed E-state index contributed by atoms with van der Waals surface area (Å²) in [6, 6.07) is 5.62. The summed E-state index contributed by atoms with van der Waals surface area (Å²) in [5.41, 5.74) is 7.47. The third-order valence-corrected chi connectivity index (χ3v) is 4.08. The van der Waals surface area contributed by atoms with Crippen molar-refractivity contribution < 1.29 is 13.2 Å². The summed E-state index contributed by atoms with van der Waals surface area (Å²) < 4.78 is 37.8. The lowest BCUT2D eigenvalue weighted by molar-refractivity contribution is -0.149. The Morgan fingerprint density at radius 2 is 1.70 bits per heavy atom. The second-order valence-electron chi connectivity index (χ2n) is 5.02. The summed E-state index contributed by atoms with van der Waals surface area (Å²) in [6.45, 7) is 2.10. The molecular weight excluding hydrogens is 335 g/mol. The van der Waals surface area contributed by atoms with Crippen molar-refractivity contribution in [3.05, 3.63) is 28.2 Å². The maximum Gasteiger partial charge on any atom is 0.401 e. The molecule has 2 rings (SSSR count). The highest BCUT2D eigenvalue weighted by Gasteiger charge is 2.32. The van der Waals surface area contributed by atoms with E-state index in [4.69, 9.17) is 5.73 Å². The first kappa shape index (κ1) is 15.6. The fraction of sp³-hybridized carbons (Fsp3) is 0.538. The molecule has 0 amide bonds. The van der Waals surface area contributed by atoms with Gasteiger partial charge in [-0.25, -0.2) is 0 Å². The SMILES string of the molecule is Nc1ccc(CN2CCN(CC(F)(F)F)CC2)c(Br)c1. The molecule has 0 bridgehead atoms. The van der Waals surface area contributed by atoms with Gasteiger partial charge >= 0.3 is 6.18 Å². The van der Waals surface area contributed by atoms with Crippen molar-refractivity contribution in [3.8, 4) is 0 Å². The number of rotatable bonds is 3. The van der Waals surface area contributed by atoms with E-state index in [1.54, 1.807) is 0 Å². The van der Waals surface area contributed by atoms with Crippen molar-refractivity contribution in [2.75, 3.05) is 38.5 Å². The first-order valence-electron chi connectivity index (χ1n) is 6.39. The number of benzene rings is 1. The molecule has 20 heavy (non-hydrogen) atoms.